The van der Waals surface area contributed by atoms with Crippen molar-refractivity contribution in [2.24, 2.45) is 0 Å². The second-order valence-corrected chi connectivity index (χ2v) is 8.53. The Morgan fingerprint density at radius 1 is 1.25 bits per heavy atom. The van der Waals surface area contributed by atoms with Crippen LogP contribution in [-0.4, -0.2) is 66.7 Å². The number of methoxy groups -OCH3 is 1. The number of fused-ring (bicyclic) bond motifs is 1. The number of carbonyl (C=O) groups is 2. The molecule has 6 nitrogen and oxygen atoms in total. The van der Waals surface area contributed by atoms with Gasteiger partial charge in [-0.3, -0.25) is 9.69 Å². The SMILES string of the molecule is COC(=O)N1CCC(C)(N2CCC(N3C(=O)Cc4cc(F)c(C)cc43)CC2)C1. The molecule has 3 heterocycles. The van der Waals surface area contributed by atoms with E-state index in [4.69, 9.17) is 4.74 Å². The van der Waals surface area contributed by atoms with Crippen LogP contribution in [0.4, 0.5) is 14.9 Å². The normalized spacial score (nSPS) is 26.1. The van der Waals surface area contributed by atoms with Crippen molar-refractivity contribution < 1.29 is 18.7 Å². The minimum absolute atomic E-state index is 0.0498. The van der Waals surface area contributed by atoms with Crippen LogP contribution in [0.25, 0.3) is 0 Å². The van der Waals surface area contributed by atoms with Crippen molar-refractivity contribution in [1.82, 2.24) is 9.80 Å². The molecule has 0 aliphatic carbocycles. The van der Waals surface area contributed by atoms with Gasteiger partial charge in [-0.25, -0.2) is 9.18 Å². The van der Waals surface area contributed by atoms with Crippen molar-refractivity contribution in [3.63, 3.8) is 0 Å². The molecule has 1 unspecified atom stereocenters. The largest absolute Gasteiger partial charge is 0.453 e. The molecule has 1 aromatic carbocycles. The van der Waals surface area contributed by atoms with Crippen LogP contribution < -0.4 is 4.90 Å². The monoisotopic (exact) mass is 389 g/mol. The minimum Gasteiger partial charge on any atom is -0.453 e. The molecule has 2 amide bonds. The molecule has 0 radical (unpaired) electrons. The van der Waals surface area contributed by atoms with Gasteiger partial charge in [0.15, 0.2) is 0 Å². The number of aryl methyl sites for hydroxylation is 1. The Morgan fingerprint density at radius 3 is 2.64 bits per heavy atom. The fraction of sp³-hybridized carbons (Fsp3) is 0.619. The number of rotatable bonds is 2. The maximum atomic E-state index is 13.9. The molecule has 3 aliphatic rings. The Kier molecular flexibility index (Phi) is 4.81. The molecule has 0 saturated carbocycles. The predicted molar refractivity (Wildman–Crippen MR) is 104 cm³/mol. The Hall–Kier alpha value is -2.15. The number of piperidine rings is 1. The van der Waals surface area contributed by atoms with Gasteiger partial charge >= 0.3 is 6.09 Å². The molecule has 0 N–H and O–H groups in total. The van der Waals surface area contributed by atoms with E-state index in [2.05, 4.69) is 11.8 Å². The number of likely N-dealkylation sites (tertiary alicyclic amines) is 2. The second-order valence-electron chi connectivity index (χ2n) is 8.53. The quantitative estimate of drug-likeness (QED) is 0.781. The van der Waals surface area contributed by atoms with Gasteiger partial charge in [0.2, 0.25) is 5.91 Å². The van der Waals surface area contributed by atoms with E-state index in [0.717, 1.165) is 43.6 Å². The highest BCUT2D eigenvalue weighted by Crippen LogP contribution is 2.37. The van der Waals surface area contributed by atoms with Crippen LogP contribution >= 0.6 is 0 Å². The number of hydrogen-bond acceptors (Lipinski definition) is 4. The zero-order valence-electron chi connectivity index (χ0n) is 16.8. The van der Waals surface area contributed by atoms with Crippen LogP contribution in [0.15, 0.2) is 12.1 Å². The van der Waals surface area contributed by atoms with E-state index in [1.54, 1.807) is 11.8 Å². The van der Waals surface area contributed by atoms with Gasteiger partial charge in [-0.2, -0.15) is 0 Å². The molecular weight excluding hydrogens is 361 g/mol. The van der Waals surface area contributed by atoms with E-state index in [9.17, 15) is 14.0 Å². The van der Waals surface area contributed by atoms with E-state index in [0.29, 0.717) is 25.1 Å². The lowest BCUT2D eigenvalue weighted by Gasteiger charge is -2.44. The molecule has 3 aliphatic heterocycles. The Labute approximate surface area is 165 Å². The van der Waals surface area contributed by atoms with Gasteiger partial charge in [0.25, 0.3) is 0 Å². The van der Waals surface area contributed by atoms with Crippen LogP contribution in [-0.2, 0) is 16.0 Å². The van der Waals surface area contributed by atoms with E-state index >= 15 is 0 Å². The molecule has 0 aromatic heterocycles. The summed E-state index contributed by atoms with van der Waals surface area (Å²) in [6.07, 6.45) is 2.72. The number of nitrogens with zero attached hydrogens (tertiary/aromatic N) is 3. The molecule has 2 saturated heterocycles. The zero-order chi connectivity index (χ0) is 20.1. The Morgan fingerprint density at radius 2 is 1.96 bits per heavy atom. The highest BCUT2D eigenvalue weighted by atomic mass is 19.1. The summed E-state index contributed by atoms with van der Waals surface area (Å²) < 4.78 is 18.7. The van der Waals surface area contributed by atoms with Crippen LogP contribution in [0.3, 0.4) is 0 Å². The number of benzene rings is 1. The van der Waals surface area contributed by atoms with E-state index < -0.39 is 0 Å². The summed E-state index contributed by atoms with van der Waals surface area (Å²) in [5, 5.41) is 0. The summed E-state index contributed by atoms with van der Waals surface area (Å²) in [6.45, 7) is 7.11. The number of ether oxygens (including phenoxy) is 1. The average molecular weight is 389 g/mol. The van der Waals surface area contributed by atoms with E-state index in [-0.39, 0.29) is 29.4 Å². The lowest BCUT2D eigenvalue weighted by molar-refractivity contribution is -0.118. The lowest BCUT2D eigenvalue weighted by atomic mass is 9.93. The molecule has 1 atom stereocenters. The predicted octanol–water partition coefficient (Wildman–Crippen LogP) is 2.72. The number of anilines is 1. The standard InChI is InChI=1S/C21H28FN3O3/c1-14-10-18-15(11-17(14)22)12-19(26)25(18)16-4-7-24(8-5-16)21(2)6-9-23(13-21)20(27)28-3/h10-11,16H,4-9,12-13H2,1-3H3. The first-order valence-corrected chi connectivity index (χ1v) is 10.0. The van der Waals surface area contributed by atoms with Crippen molar-refractivity contribution in [1.29, 1.82) is 0 Å². The summed E-state index contributed by atoms with van der Waals surface area (Å²) in [7, 11) is 1.42. The smallest absolute Gasteiger partial charge is 0.409 e. The molecule has 0 spiro atoms. The van der Waals surface area contributed by atoms with Gasteiger partial charge in [0.1, 0.15) is 5.82 Å². The van der Waals surface area contributed by atoms with Crippen molar-refractivity contribution >= 4 is 17.7 Å². The fourth-order valence-electron chi connectivity index (χ4n) is 5.01. The van der Waals surface area contributed by atoms with Crippen molar-refractivity contribution in [3.05, 3.63) is 29.1 Å². The molecule has 152 valence electrons. The fourth-order valence-corrected chi connectivity index (χ4v) is 5.01. The van der Waals surface area contributed by atoms with Crippen molar-refractivity contribution in [2.75, 3.05) is 38.2 Å². The van der Waals surface area contributed by atoms with Gasteiger partial charge in [-0.15, -0.1) is 0 Å². The molecule has 4 rings (SSSR count). The van der Waals surface area contributed by atoms with Crippen molar-refractivity contribution in [3.8, 4) is 0 Å². The van der Waals surface area contributed by atoms with E-state index in [1.807, 2.05) is 11.0 Å². The minimum atomic E-state index is -0.263. The maximum Gasteiger partial charge on any atom is 0.409 e. The average Bonchev–Trinajstić information content (AvgIpc) is 3.22. The summed E-state index contributed by atoms with van der Waals surface area (Å²) in [5.74, 6) is -0.171. The maximum absolute atomic E-state index is 13.9. The molecule has 28 heavy (non-hydrogen) atoms. The van der Waals surface area contributed by atoms with Crippen LogP contribution in [0.1, 0.15) is 37.3 Å². The zero-order valence-corrected chi connectivity index (χ0v) is 16.8. The third kappa shape index (κ3) is 3.15. The topological polar surface area (TPSA) is 53.1 Å². The second kappa shape index (κ2) is 7.03. The molecule has 7 heteroatoms. The molecule has 2 fully saturated rings. The summed E-state index contributed by atoms with van der Waals surface area (Å²) in [6, 6.07) is 3.48. The lowest BCUT2D eigenvalue weighted by Crippen LogP contribution is -2.55. The highest BCUT2D eigenvalue weighted by molar-refractivity contribution is 6.02. The first-order valence-electron chi connectivity index (χ1n) is 10.0. The van der Waals surface area contributed by atoms with Crippen LogP contribution in [0.2, 0.25) is 0 Å². The van der Waals surface area contributed by atoms with Crippen molar-refractivity contribution in [2.45, 2.75) is 51.1 Å². The summed E-state index contributed by atoms with van der Waals surface area (Å²) >= 11 is 0. The van der Waals surface area contributed by atoms with E-state index in [1.165, 1.54) is 13.2 Å². The number of halogens is 1. The number of amides is 2. The van der Waals surface area contributed by atoms with Crippen LogP contribution in [0.5, 0.6) is 0 Å². The Balaban J connectivity index is 1.44. The van der Waals surface area contributed by atoms with Crippen LogP contribution in [0, 0.1) is 12.7 Å². The third-order valence-electron chi connectivity index (χ3n) is 6.71. The number of hydrogen-bond donors (Lipinski definition) is 0. The Bertz CT molecular complexity index is 806. The highest BCUT2D eigenvalue weighted by Gasteiger charge is 2.44. The first-order chi connectivity index (χ1) is 13.3. The third-order valence-corrected chi connectivity index (χ3v) is 6.71. The molecular formula is C21H28FN3O3. The van der Waals surface area contributed by atoms with Gasteiger partial charge in [0, 0.05) is 43.4 Å². The van der Waals surface area contributed by atoms with Gasteiger partial charge in [-0.05, 0) is 56.4 Å². The van der Waals surface area contributed by atoms with Gasteiger partial charge < -0.3 is 14.5 Å². The number of carbonyl (C=O) groups excluding carboxylic acids is 2. The summed E-state index contributed by atoms with van der Waals surface area (Å²) in [5.41, 5.74) is 2.21. The molecule has 0 bridgehead atoms. The first kappa shape index (κ1) is 19.2. The van der Waals surface area contributed by atoms with Gasteiger partial charge in [0.05, 0.1) is 13.5 Å². The molecule has 1 aromatic rings. The van der Waals surface area contributed by atoms with Gasteiger partial charge in [-0.1, -0.05) is 0 Å². The summed E-state index contributed by atoms with van der Waals surface area (Å²) in [4.78, 5) is 30.6.